The summed E-state index contributed by atoms with van der Waals surface area (Å²) in [6.07, 6.45) is 12.6. The van der Waals surface area contributed by atoms with Crippen LogP contribution in [0.1, 0.15) is 142 Å². The molecule has 0 aromatic carbocycles. The monoisotopic (exact) mass is 999 g/mol. The molecule has 9 N–H and O–H groups in total. The summed E-state index contributed by atoms with van der Waals surface area (Å²) in [7, 11) is -5.50. The summed E-state index contributed by atoms with van der Waals surface area (Å²) in [5.74, 6) is -5.06. The zero-order valence-corrected chi connectivity index (χ0v) is 41.5. The van der Waals surface area contributed by atoms with E-state index in [2.05, 4.69) is 67.7 Å². The first kappa shape index (κ1) is 62.0. The van der Waals surface area contributed by atoms with Crippen LogP contribution < -0.4 is 0 Å². The molecule has 1 saturated heterocycles. The second-order valence-electron chi connectivity index (χ2n) is 17.9. The third-order valence-corrected chi connectivity index (χ3v) is 13.0. The number of hydrogen-bond acceptors (Lipinski definition) is 16. The van der Waals surface area contributed by atoms with E-state index in [1.54, 1.807) is 0 Å². The number of esters is 2. The molecular weight excluding hydrogens is 916 g/mol. The van der Waals surface area contributed by atoms with Gasteiger partial charge in [0.15, 0.2) is 6.10 Å². The fraction of sp³-hybridized carbons (Fsp3) is 0.706. The van der Waals surface area contributed by atoms with Crippen LogP contribution in [0, 0.1) is 11.8 Å². The number of cyclic esters (lactones) is 1. The van der Waals surface area contributed by atoms with Gasteiger partial charge in [0, 0.05) is 43.9 Å². The van der Waals surface area contributed by atoms with Gasteiger partial charge in [-0.2, -0.15) is 0 Å². The first-order chi connectivity index (χ1) is 33.0. The molecule has 0 amide bonds. The molecule has 1 heterocycles. The van der Waals surface area contributed by atoms with Crippen LogP contribution in [0.4, 0.5) is 0 Å². The minimum absolute atomic E-state index is 0.0391. The van der Waals surface area contributed by atoms with E-state index in [4.69, 9.17) is 18.5 Å². The van der Waals surface area contributed by atoms with Crippen molar-refractivity contribution in [2.45, 2.75) is 203 Å². The van der Waals surface area contributed by atoms with E-state index in [9.17, 15) is 64.7 Å². The predicted octanol–water partition coefficient (Wildman–Crippen LogP) is 5.84. The van der Waals surface area contributed by atoms with Crippen molar-refractivity contribution in [2.75, 3.05) is 13.2 Å². The number of carbonyl (C=O) groups is 3. The molecule has 1 aliphatic heterocycles. The van der Waals surface area contributed by atoms with Crippen LogP contribution in [-0.2, 0) is 37.5 Å². The number of hydrogen-bond donors (Lipinski definition) is 9. The number of phosphoric ester groups is 1. The first-order valence-electron chi connectivity index (χ1n) is 24.9. The van der Waals surface area contributed by atoms with E-state index in [0.29, 0.717) is 19.3 Å². The first-order valence-corrected chi connectivity index (χ1v) is 26.4. The molecule has 2 fully saturated rings. The van der Waals surface area contributed by atoms with Crippen LogP contribution in [0.2, 0.25) is 0 Å². The van der Waals surface area contributed by atoms with Crippen LogP contribution in [0.5, 0.6) is 0 Å². The van der Waals surface area contributed by atoms with Crippen molar-refractivity contribution >= 4 is 25.5 Å². The largest absolute Gasteiger partial charge is 0.472 e. The molecule has 1 unspecified atom stereocenters. The molecule has 1 aliphatic carbocycles. The van der Waals surface area contributed by atoms with Gasteiger partial charge in [0.25, 0.3) is 0 Å². The van der Waals surface area contributed by atoms with Gasteiger partial charge >= 0.3 is 19.8 Å². The van der Waals surface area contributed by atoms with Crippen LogP contribution in [0.3, 0.4) is 0 Å². The maximum atomic E-state index is 13.5. The fourth-order valence-corrected chi connectivity index (χ4v) is 8.87. The Morgan fingerprint density at radius 1 is 0.739 bits per heavy atom. The molecule has 2 aliphatic rings. The Morgan fingerprint density at radius 2 is 1.35 bits per heavy atom. The van der Waals surface area contributed by atoms with Crippen molar-refractivity contribution in [3.63, 3.8) is 0 Å². The Bertz CT molecular complexity index is 1680. The fourth-order valence-electron chi connectivity index (χ4n) is 7.90. The lowest BCUT2D eigenvalue weighted by Gasteiger charge is -2.37. The number of ketones is 1. The number of carbonyl (C=O) groups excluding carboxylic acids is 3. The smallest absolute Gasteiger partial charge is 0.462 e. The number of ether oxygens (including phenoxy) is 2. The minimum atomic E-state index is -5.50. The Morgan fingerprint density at radius 3 is 1.99 bits per heavy atom. The van der Waals surface area contributed by atoms with Gasteiger partial charge in [-0.15, -0.1) is 0 Å². The quantitative estimate of drug-likeness (QED) is 0.0252. The Hall–Kier alpha value is -3.16. The molecule has 0 aromatic heterocycles. The van der Waals surface area contributed by atoms with Crippen molar-refractivity contribution in [3.8, 4) is 0 Å². The highest BCUT2D eigenvalue weighted by Crippen LogP contribution is 2.47. The average molecular weight is 999 g/mol. The summed E-state index contributed by atoms with van der Waals surface area (Å²) in [6.45, 7) is 2.58. The third-order valence-electron chi connectivity index (χ3n) is 12.0. The number of phosphoric acid groups is 1. The zero-order valence-electron chi connectivity index (χ0n) is 40.7. The molecular formula is C51H83O17P. The number of Topliss-reactive ketones (excluding diaryl/α,β-unsaturated/α-hetero) is 1. The van der Waals surface area contributed by atoms with Gasteiger partial charge in [-0.3, -0.25) is 23.4 Å². The molecule has 69 heavy (non-hydrogen) atoms. The van der Waals surface area contributed by atoms with Crippen molar-refractivity contribution in [1.29, 1.82) is 0 Å². The second kappa shape index (κ2) is 35.9. The van der Waals surface area contributed by atoms with E-state index in [1.807, 2.05) is 6.92 Å². The topological polar surface area (TPSA) is 287 Å². The van der Waals surface area contributed by atoms with Gasteiger partial charge in [0.05, 0.1) is 37.1 Å². The van der Waals surface area contributed by atoms with Crippen molar-refractivity contribution < 1.29 is 83.2 Å². The average Bonchev–Trinajstić information content (AvgIpc) is 3.31. The van der Waals surface area contributed by atoms with E-state index in [0.717, 1.165) is 64.2 Å². The lowest BCUT2D eigenvalue weighted by atomic mass is 9.82. The molecule has 2 bridgehead atoms. The summed E-state index contributed by atoms with van der Waals surface area (Å²) in [4.78, 5) is 49.7. The van der Waals surface area contributed by atoms with Crippen molar-refractivity contribution in [1.82, 2.24) is 0 Å². The molecule has 17 nitrogen and oxygen atoms in total. The highest BCUT2D eigenvalue weighted by atomic mass is 31.2. The summed E-state index contributed by atoms with van der Waals surface area (Å²) in [6, 6.07) is 0. The molecule has 18 heteroatoms. The Kier molecular flexibility index (Phi) is 32.2. The van der Waals surface area contributed by atoms with Crippen LogP contribution in [-0.4, -0.2) is 138 Å². The van der Waals surface area contributed by atoms with E-state index in [-0.39, 0.29) is 32.1 Å². The minimum Gasteiger partial charge on any atom is -0.462 e. The van der Waals surface area contributed by atoms with Crippen LogP contribution in [0.15, 0.2) is 72.9 Å². The summed E-state index contributed by atoms with van der Waals surface area (Å²) in [5, 5.41) is 90.0. The molecule has 13 atom stereocenters. The van der Waals surface area contributed by atoms with Crippen molar-refractivity contribution in [2.24, 2.45) is 11.8 Å². The number of aliphatic hydroxyl groups excluding tert-OH is 8. The maximum absolute atomic E-state index is 13.5. The van der Waals surface area contributed by atoms with Gasteiger partial charge in [-0.1, -0.05) is 112 Å². The Balaban J connectivity index is 2.11. The van der Waals surface area contributed by atoms with E-state index >= 15 is 0 Å². The lowest BCUT2D eigenvalue weighted by Crippen LogP contribution is -2.56. The third kappa shape index (κ3) is 26.2. The van der Waals surface area contributed by atoms with E-state index in [1.165, 1.54) is 12.2 Å². The number of fused-ring (bicyclic) bond motifs is 4. The van der Waals surface area contributed by atoms with Crippen molar-refractivity contribution in [3.05, 3.63) is 72.9 Å². The van der Waals surface area contributed by atoms with Crippen LogP contribution >= 0.6 is 7.82 Å². The van der Waals surface area contributed by atoms with Gasteiger partial charge in [-0.05, 0) is 70.6 Å². The summed E-state index contributed by atoms with van der Waals surface area (Å²) < 4.78 is 34.6. The lowest BCUT2D eigenvalue weighted by molar-refractivity contribution is -0.168. The molecule has 1 saturated carbocycles. The zero-order chi connectivity index (χ0) is 51.0. The second-order valence-corrected chi connectivity index (χ2v) is 19.3. The normalized spacial score (nSPS) is 31.6. The number of allylic oxidation sites excluding steroid dienone is 10. The van der Waals surface area contributed by atoms with Gasteiger partial charge in [-0.25, -0.2) is 4.57 Å². The Labute approximate surface area is 408 Å². The number of aliphatic hydroxyl groups is 8. The summed E-state index contributed by atoms with van der Waals surface area (Å²) in [5.41, 5.74) is 0. The predicted molar refractivity (Wildman–Crippen MR) is 260 cm³/mol. The van der Waals surface area contributed by atoms with Gasteiger partial charge < -0.3 is 55.2 Å². The maximum Gasteiger partial charge on any atom is 0.472 e. The number of unbranched alkanes of at least 4 members (excludes halogenated alkanes) is 5. The van der Waals surface area contributed by atoms with E-state index < -0.39 is 124 Å². The molecule has 394 valence electrons. The highest BCUT2D eigenvalue weighted by Gasteiger charge is 2.49. The highest BCUT2D eigenvalue weighted by molar-refractivity contribution is 7.47. The molecule has 2 rings (SSSR count). The van der Waals surface area contributed by atoms with Gasteiger partial charge in [0.2, 0.25) is 0 Å². The number of rotatable bonds is 23. The van der Waals surface area contributed by atoms with Gasteiger partial charge in [0.1, 0.15) is 36.8 Å². The molecule has 0 radical (unpaired) electrons. The molecule has 0 spiro atoms. The summed E-state index contributed by atoms with van der Waals surface area (Å²) >= 11 is 0. The standard InChI is InChI=1S/C51H83O17P/c1-3-5-7-8-9-10-11-12-13-14-15-16-17-18-19-20-21-22-24-29-44(56)65-35-39-36-66-69(63,64)68-51-49(61)46(58)40(32-31-37(52)27-23-6-4-2)42(54)34-43(55)41(47(59)48(60)50(51)62)33-38(53)28-25-26-30-45(57)67-39/h5,7,9-10,12-13,15-16,18-19,31-32,37,39-43,46-52,54-55,58-62H,3-4,6,8,11,14,17,20-30,33-36H2,1-2H3,(H,63,64)/b7-5-,10-9-,13-12-,16-15-,19-18-,32-31+/t37-,39+,40-,41-,42+,43-,46+,47+,48-,49+,50+,51+/m0/s1. The molecule has 0 aromatic rings. The van der Waals surface area contributed by atoms with Crippen LogP contribution in [0.25, 0.3) is 0 Å². The SMILES string of the molecule is CC/C=C\C/C=C\C/C=C\C/C=C\C/C=C\CCCCCC(=O)OC[C@@H]1COP(=O)(O)O[C@H]2[C@H](O)[C@@H](O)[C@H](O)[C@@H](CC(=O)CCCCC(=O)O1)[C@@H](O)C[C@@H](O)[C@H](/C=C/[C@@H](O)CCCCC)[C@@H](O)[C@H]2O.